The number of amides is 2. The number of anilines is 1. The average Bonchev–Trinajstić information content (AvgIpc) is 3.01. The van der Waals surface area contributed by atoms with Crippen molar-refractivity contribution in [3.8, 4) is 18.1 Å². The van der Waals surface area contributed by atoms with Crippen LogP contribution in [0, 0.1) is 12.3 Å². The lowest BCUT2D eigenvalue weighted by molar-refractivity contribution is 0.250. The van der Waals surface area contributed by atoms with Crippen molar-refractivity contribution in [2.45, 2.75) is 32.7 Å². The second-order valence-corrected chi connectivity index (χ2v) is 6.19. The van der Waals surface area contributed by atoms with E-state index >= 15 is 0 Å². The average molecular weight is 327 g/mol. The number of benzene rings is 1. The molecular weight excluding hydrogens is 306 g/mol. The van der Waals surface area contributed by atoms with E-state index in [1.807, 2.05) is 20.8 Å². The molecule has 2 amide bonds. The van der Waals surface area contributed by atoms with Crippen LogP contribution >= 0.6 is 0 Å². The molecule has 0 fully saturated rings. The van der Waals surface area contributed by atoms with Gasteiger partial charge in [0.25, 0.3) is 0 Å². The van der Waals surface area contributed by atoms with Gasteiger partial charge < -0.3 is 19.8 Å². The van der Waals surface area contributed by atoms with Gasteiger partial charge in [0.2, 0.25) is 5.89 Å². The Morgan fingerprint density at radius 3 is 2.62 bits per heavy atom. The van der Waals surface area contributed by atoms with E-state index in [9.17, 15) is 4.79 Å². The lowest BCUT2D eigenvalue weighted by Gasteiger charge is -2.13. The highest BCUT2D eigenvalue weighted by Gasteiger charge is 2.19. The number of aromatic nitrogens is 1. The highest BCUT2D eigenvalue weighted by molar-refractivity contribution is 5.89. The Hall–Kier alpha value is -2.94. The van der Waals surface area contributed by atoms with E-state index in [4.69, 9.17) is 15.6 Å². The van der Waals surface area contributed by atoms with Crippen molar-refractivity contribution in [1.82, 2.24) is 10.3 Å². The second-order valence-electron chi connectivity index (χ2n) is 6.19. The summed E-state index contributed by atoms with van der Waals surface area (Å²) >= 11 is 0. The van der Waals surface area contributed by atoms with Crippen LogP contribution in [0.2, 0.25) is 0 Å². The smallest absolute Gasteiger partial charge is 0.319 e. The van der Waals surface area contributed by atoms with Crippen molar-refractivity contribution in [3.05, 3.63) is 42.1 Å². The first-order valence-electron chi connectivity index (χ1n) is 7.55. The highest BCUT2D eigenvalue weighted by Crippen LogP contribution is 2.22. The van der Waals surface area contributed by atoms with E-state index in [0.29, 0.717) is 17.3 Å². The Balaban J connectivity index is 1.83. The summed E-state index contributed by atoms with van der Waals surface area (Å²) in [5.74, 6) is 4.28. The number of carbonyl (C=O) groups is 1. The van der Waals surface area contributed by atoms with Crippen LogP contribution in [-0.2, 0) is 12.0 Å². The summed E-state index contributed by atoms with van der Waals surface area (Å²) in [5, 5.41) is 5.41. The van der Waals surface area contributed by atoms with Gasteiger partial charge in [-0.15, -0.1) is 6.42 Å². The SMILES string of the molecule is C#CCOc1ccc(NC(=O)NCc2ncc(C(C)(C)C)o2)cc1. The molecule has 0 aliphatic carbocycles. The zero-order valence-corrected chi connectivity index (χ0v) is 14.1. The maximum Gasteiger partial charge on any atom is 0.319 e. The molecule has 0 atom stereocenters. The molecular formula is C18H21N3O3. The maximum absolute atomic E-state index is 11.9. The predicted octanol–water partition coefficient (Wildman–Crippen LogP) is 3.31. The van der Waals surface area contributed by atoms with Crippen LogP contribution in [0.25, 0.3) is 0 Å². The second kappa shape index (κ2) is 7.55. The maximum atomic E-state index is 11.9. The van der Waals surface area contributed by atoms with Gasteiger partial charge in [0.1, 0.15) is 18.1 Å². The number of hydrogen-bond donors (Lipinski definition) is 2. The lowest BCUT2D eigenvalue weighted by Crippen LogP contribution is -2.28. The Bertz CT molecular complexity index is 721. The van der Waals surface area contributed by atoms with Crippen molar-refractivity contribution in [1.29, 1.82) is 0 Å². The monoisotopic (exact) mass is 327 g/mol. The Labute approximate surface area is 141 Å². The molecule has 1 aromatic heterocycles. The van der Waals surface area contributed by atoms with E-state index in [0.717, 1.165) is 5.76 Å². The number of rotatable bonds is 5. The van der Waals surface area contributed by atoms with E-state index in [1.165, 1.54) is 0 Å². The molecule has 0 saturated heterocycles. The number of nitrogens with one attached hydrogen (secondary N) is 2. The predicted molar refractivity (Wildman–Crippen MR) is 91.8 cm³/mol. The van der Waals surface area contributed by atoms with Gasteiger partial charge in [0.05, 0.1) is 12.7 Å². The largest absolute Gasteiger partial charge is 0.481 e. The van der Waals surface area contributed by atoms with Gasteiger partial charge in [-0.1, -0.05) is 26.7 Å². The van der Waals surface area contributed by atoms with E-state index < -0.39 is 0 Å². The van der Waals surface area contributed by atoms with E-state index in [2.05, 4.69) is 21.5 Å². The molecule has 1 aromatic carbocycles. The normalized spacial score (nSPS) is 10.8. The molecule has 0 saturated carbocycles. The number of carbonyl (C=O) groups excluding carboxylic acids is 1. The third-order valence-electron chi connectivity index (χ3n) is 3.13. The highest BCUT2D eigenvalue weighted by atomic mass is 16.5. The molecule has 24 heavy (non-hydrogen) atoms. The molecule has 6 heteroatoms. The number of nitrogens with zero attached hydrogens (tertiary/aromatic N) is 1. The van der Waals surface area contributed by atoms with Crippen LogP contribution in [0.5, 0.6) is 5.75 Å². The fraction of sp³-hybridized carbons (Fsp3) is 0.333. The number of hydrogen-bond acceptors (Lipinski definition) is 4. The van der Waals surface area contributed by atoms with Gasteiger partial charge in [-0.2, -0.15) is 0 Å². The molecule has 2 N–H and O–H groups in total. The van der Waals surface area contributed by atoms with Crippen LogP contribution < -0.4 is 15.4 Å². The number of ether oxygens (including phenoxy) is 1. The fourth-order valence-electron chi connectivity index (χ4n) is 1.83. The Morgan fingerprint density at radius 1 is 1.33 bits per heavy atom. The summed E-state index contributed by atoms with van der Waals surface area (Å²) in [4.78, 5) is 16.1. The van der Waals surface area contributed by atoms with Crippen molar-refractivity contribution >= 4 is 11.7 Å². The standard InChI is InChI=1S/C18H21N3O3/c1-5-10-23-14-8-6-13(7-9-14)21-17(22)20-12-16-19-11-15(24-16)18(2,3)4/h1,6-9,11H,10,12H2,2-4H3,(H2,20,21,22). The van der Waals surface area contributed by atoms with Gasteiger partial charge in [0.15, 0.2) is 0 Å². The molecule has 2 aromatic rings. The first-order chi connectivity index (χ1) is 11.4. The van der Waals surface area contributed by atoms with Crippen LogP contribution in [0.4, 0.5) is 10.5 Å². The molecule has 0 spiro atoms. The minimum Gasteiger partial charge on any atom is -0.481 e. The molecule has 0 bridgehead atoms. The van der Waals surface area contributed by atoms with Crippen LogP contribution in [0.3, 0.4) is 0 Å². The minimum absolute atomic E-state index is 0.114. The topological polar surface area (TPSA) is 76.4 Å². The van der Waals surface area contributed by atoms with Crippen LogP contribution in [-0.4, -0.2) is 17.6 Å². The molecule has 1 heterocycles. The Kier molecular flexibility index (Phi) is 5.48. The zero-order chi connectivity index (χ0) is 17.6. The number of terminal acetylenes is 1. The first-order valence-corrected chi connectivity index (χ1v) is 7.55. The van der Waals surface area contributed by atoms with Gasteiger partial charge >= 0.3 is 6.03 Å². The molecule has 0 radical (unpaired) electrons. The summed E-state index contributed by atoms with van der Waals surface area (Å²) in [6, 6.07) is 6.58. The molecule has 0 aliphatic rings. The van der Waals surface area contributed by atoms with Crippen molar-refractivity contribution < 1.29 is 13.9 Å². The quantitative estimate of drug-likeness (QED) is 0.826. The number of oxazole rings is 1. The summed E-state index contributed by atoms with van der Waals surface area (Å²) in [7, 11) is 0. The fourth-order valence-corrected chi connectivity index (χ4v) is 1.83. The van der Waals surface area contributed by atoms with Crippen LogP contribution in [0.1, 0.15) is 32.4 Å². The van der Waals surface area contributed by atoms with Gasteiger partial charge in [0, 0.05) is 11.1 Å². The van der Waals surface area contributed by atoms with Crippen molar-refractivity contribution in [3.63, 3.8) is 0 Å². The van der Waals surface area contributed by atoms with Gasteiger partial charge in [-0.3, -0.25) is 0 Å². The third kappa shape index (κ3) is 5.06. The summed E-state index contributed by atoms with van der Waals surface area (Å²) in [5.41, 5.74) is 0.528. The zero-order valence-electron chi connectivity index (χ0n) is 14.1. The molecule has 126 valence electrons. The molecule has 0 aliphatic heterocycles. The number of urea groups is 1. The van der Waals surface area contributed by atoms with E-state index in [-0.39, 0.29) is 24.6 Å². The van der Waals surface area contributed by atoms with Crippen LogP contribution in [0.15, 0.2) is 34.9 Å². The minimum atomic E-state index is -0.345. The van der Waals surface area contributed by atoms with Gasteiger partial charge in [-0.25, -0.2) is 9.78 Å². The molecule has 0 unspecified atom stereocenters. The summed E-state index contributed by atoms with van der Waals surface area (Å²) in [6.07, 6.45) is 6.81. The summed E-state index contributed by atoms with van der Waals surface area (Å²) < 4.78 is 10.9. The van der Waals surface area contributed by atoms with Crippen molar-refractivity contribution in [2.24, 2.45) is 0 Å². The third-order valence-corrected chi connectivity index (χ3v) is 3.13. The lowest BCUT2D eigenvalue weighted by atomic mass is 9.94. The van der Waals surface area contributed by atoms with Gasteiger partial charge in [-0.05, 0) is 24.3 Å². The Morgan fingerprint density at radius 2 is 2.04 bits per heavy atom. The first kappa shape index (κ1) is 17.4. The molecule has 6 nitrogen and oxygen atoms in total. The van der Waals surface area contributed by atoms with Crippen molar-refractivity contribution in [2.75, 3.05) is 11.9 Å². The van der Waals surface area contributed by atoms with E-state index in [1.54, 1.807) is 30.5 Å². The summed E-state index contributed by atoms with van der Waals surface area (Å²) in [6.45, 7) is 6.53. The molecule has 2 rings (SSSR count).